The van der Waals surface area contributed by atoms with Crippen LogP contribution < -0.4 is 9.80 Å². The summed E-state index contributed by atoms with van der Waals surface area (Å²) >= 11 is 0. The maximum absolute atomic E-state index is 16.2. The summed E-state index contributed by atoms with van der Waals surface area (Å²) < 4.78 is 55.8. The van der Waals surface area contributed by atoms with E-state index in [2.05, 4.69) is 85.5 Å². The number of hydrogen-bond donors (Lipinski definition) is 1. The molecular formula is C45H43F3N10O2. The number of tetrazole rings is 1. The van der Waals surface area contributed by atoms with E-state index in [1.807, 2.05) is 47.1 Å². The lowest BCUT2D eigenvalue weighted by molar-refractivity contribution is -0.207. The van der Waals surface area contributed by atoms with Gasteiger partial charge in [0.15, 0.2) is 17.2 Å². The Balaban J connectivity index is 0.805. The van der Waals surface area contributed by atoms with Gasteiger partial charge in [-0.2, -0.15) is 13.9 Å². The fourth-order valence-corrected chi connectivity index (χ4v) is 8.22. The van der Waals surface area contributed by atoms with Crippen LogP contribution in [-0.4, -0.2) is 77.3 Å². The van der Waals surface area contributed by atoms with Crippen molar-refractivity contribution in [1.29, 1.82) is 0 Å². The maximum atomic E-state index is 16.2. The number of halogens is 3. The molecule has 2 aliphatic rings. The first-order valence-electron chi connectivity index (χ1n) is 20.0. The van der Waals surface area contributed by atoms with Crippen molar-refractivity contribution in [1.82, 2.24) is 40.0 Å². The molecule has 0 unspecified atom stereocenters. The lowest BCUT2D eigenvalue weighted by Crippen LogP contribution is -2.49. The fraction of sp³-hybridized carbons (Fsp3) is 0.289. The fourth-order valence-electron chi connectivity index (χ4n) is 8.22. The molecule has 0 bridgehead atoms. The summed E-state index contributed by atoms with van der Waals surface area (Å²) in [5.74, 6) is -3.75. The van der Waals surface area contributed by atoms with Crippen LogP contribution in [0.2, 0.25) is 0 Å². The Morgan fingerprint density at radius 3 is 2.13 bits per heavy atom. The molecule has 9 rings (SSSR count). The van der Waals surface area contributed by atoms with Crippen LogP contribution in [0.5, 0.6) is 0 Å². The van der Waals surface area contributed by atoms with Crippen molar-refractivity contribution >= 4 is 11.4 Å². The van der Waals surface area contributed by atoms with E-state index in [0.717, 1.165) is 83.5 Å². The van der Waals surface area contributed by atoms with Gasteiger partial charge < -0.3 is 19.6 Å². The Morgan fingerprint density at radius 2 is 1.48 bits per heavy atom. The zero-order valence-corrected chi connectivity index (χ0v) is 33.1. The molecule has 1 fully saturated rings. The van der Waals surface area contributed by atoms with Crippen molar-refractivity contribution in [2.24, 2.45) is 0 Å². The van der Waals surface area contributed by atoms with Gasteiger partial charge in [-0.25, -0.2) is 18.7 Å². The molecule has 5 heterocycles. The Kier molecular flexibility index (Phi) is 10.4. The lowest BCUT2D eigenvalue weighted by Gasteiger charge is -2.39. The third kappa shape index (κ3) is 7.28. The number of aliphatic hydroxyl groups is 1. The highest BCUT2D eigenvalue weighted by Gasteiger charge is 2.59. The van der Waals surface area contributed by atoms with Gasteiger partial charge in [0, 0.05) is 66.0 Å². The second-order valence-electron chi connectivity index (χ2n) is 15.3. The molecule has 2 aliphatic heterocycles. The SMILES string of the molecule is CC[C@@H]([C@H](C)OCc1ccccc1)n1cnc(-c2ccc(N3CCN(c4ccc(-c5ccc(C(F)(F)[C@]6(O)Cn7nnnc7-c7cc(F)ccc76)nc5)cc4)CC3)cc2)n1. The number of hydrogen-bond acceptors (Lipinski definition) is 10. The number of benzene rings is 4. The smallest absolute Gasteiger partial charge is 0.323 e. The van der Waals surface area contributed by atoms with Crippen molar-refractivity contribution in [3.63, 3.8) is 0 Å². The predicted octanol–water partition coefficient (Wildman–Crippen LogP) is 7.68. The topological polar surface area (TPSA) is 123 Å². The first-order chi connectivity index (χ1) is 29.1. The van der Waals surface area contributed by atoms with Crippen LogP contribution in [0.15, 0.2) is 122 Å². The summed E-state index contributed by atoms with van der Waals surface area (Å²) in [6, 6.07) is 32.6. The molecular weight excluding hydrogens is 770 g/mol. The third-order valence-electron chi connectivity index (χ3n) is 11.7. The summed E-state index contributed by atoms with van der Waals surface area (Å²) in [5.41, 5.74) is 2.16. The van der Waals surface area contributed by atoms with E-state index in [1.54, 1.807) is 12.4 Å². The van der Waals surface area contributed by atoms with Crippen molar-refractivity contribution in [2.45, 2.75) is 57.1 Å². The molecule has 306 valence electrons. The molecule has 7 aromatic rings. The van der Waals surface area contributed by atoms with E-state index >= 15 is 8.78 Å². The second-order valence-corrected chi connectivity index (χ2v) is 15.3. The van der Waals surface area contributed by atoms with Crippen LogP contribution in [0.25, 0.3) is 33.9 Å². The number of pyridine rings is 1. The molecule has 15 heteroatoms. The van der Waals surface area contributed by atoms with Gasteiger partial charge in [-0.1, -0.05) is 61.5 Å². The van der Waals surface area contributed by atoms with Crippen LogP contribution in [0, 0.1) is 5.82 Å². The first kappa shape index (κ1) is 39.0. The van der Waals surface area contributed by atoms with Gasteiger partial charge in [-0.3, -0.25) is 4.98 Å². The molecule has 3 aromatic heterocycles. The quantitative estimate of drug-likeness (QED) is 0.132. The molecule has 0 spiro atoms. The van der Waals surface area contributed by atoms with E-state index in [0.29, 0.717) is 18.0 Å². The summed E-state index contributed by atoms with van der Waals surface area (Å²) in [7, 11) is 0. The molecule has 4 aromatic carbocycles. The van der Waals surface area contributed by atoms with Gasteiger partial charge in [0.1, 0.15) is 17.8 Å². The number of piperazine rings is 1. The minimum absolute atomic E-state index is 0.00378. The molecule has 12 nitrogen and oxygen atoms in total. The van der Waals surface area contributed by atoms with Crippen LogP contribution >= 0.6 is 0 Å². The number of anilines is 2. The van der Waals surface area contributed by atoms with Gasteiger partial charge >= 0.3 is 5.92 Å². The molecule has 1 N–H and O–H groups in total. The number of ether oxygens (including phenoxy) is 1. The molecule has 60 heavy (non-hydrogen) atoms. The van der Waals surface area contributed by atoms with E-state index in [9.17, 15) is 9.50 Å². The van der Waals surface area contributed by atoms with Gasteiger partial charge in [0.25, 0.3) is 0 Å². The monoisotopic (exact) mass is 812 g/mol. The number of alkyl halides is 2. The Bertz CT molecular complexity index is 2560. The van der Waals surface area contributed by atoms with Crippen LogP contribution in [-0.2, 0) is 29.4 Å². The van der Waals surface area contributed by atoms with Crippen molar-refractivity contribution in [3.05, 3.63) is 144 Å². The Hall–Kier alpha value is -6.45. The third-order valence-corrected chi connectivity index (χ3v) is 11.7. The van der Waals surface area contributed by atoms with E-state index < -0.39 is 29.6 Å². The highest BCUT2D eigenvalue weighted by Crippen LogP contribution is 2.50. The Labute approximate surface area is 344 Å². The number of rotatable bonds is 12. The van der Waals surface area contributed by atoms with Crippen molar-refractivity contribution in [2.75, 3.05) is 36.0 Å². The van der Waals surface area contributed by atoms with E-state index in [4.69, 9.17) is 9.84 Å². The standard InChI is InChI=1S/C45H43F3N10O2/c1-3-40(30(2)60-27-31-7-5-4-6-8-31)58-29-50-42(52-58)33-11-17-37(18-12-33)56-23-21-55(22-24-56)36-15-9-32(10-16-36)34-13-20-41(49-26-34)45(47,48)44(59)28-57-43(51-53-54-57)38-25-35(46)14-19-39(38)44/h4-20,25-26,29-30,40,59H,3,21-24,27-28H2,1-2H3/t30-,40-,44-/m0/s1. The highest BCUT2D eigenvalue weighted by atomic mass is 19.3. The normalized spacial score (nSPS) is 17.6. The minimum Gasteiger partial charge on any atom is -0.377 e. The predicted molar refractivity (Wildman–Crippen MR) is 221 cm³/mol. The van der Waals surface area contributed by atoms with E-state index in [1.165, 1.54) is 12.3 Å². The average Bonchev–Trinajstić information content (AvgIpc) is 3.97. The molecule has 0 aliphatic carbocycles. The average molecular weight is 813 g/mol. The number of aromatic nitrogens is 8. The molecule has 0 radical (unpaired) electrons. The summed E-state index contributed by atoms with van der Waals surface area (Å²) in [5, 5.41) is 27.5. The molecule has 0 amide bonds. The van der Waals surface area contributed by atoms with Gasteiger partial charge in [0.2, 0.25) is 0 Å². The summed E-state index contributed by atoms with van der Waals surface area (Å²) in [6.07, 6.45) is 3.99. The number of nitrogens with zero attached hydrogens (tertiary/aromatic N) is 10. The maximum Gasteiger partial charge on any atom is 0.323 e. The number of fused-ring (bicyclic) bond motifs is 3. The summed E-state index contributed by atoms with van der Waals surface area (Å²) in [6.45, 7) is 7.46. The summed E-state index contributed by atoms with van der Waals surface area (Å²) in [4.78, 5) is 13.4. The largest absolute Gasteiger partial charge is 0.377 e. The van der Waals surface area contributed by atoms with Crippen molar-refractivity contribution in [3.8, 4) is 33.9 Å². The Morgan fingerprint density at radius 1 is 0.817 bits per heavy atom. The zero-order valence-electron chi connectivity index (χ0n) is 33.1. The molecule has 1 saturated heterocycles. The highest BCUT2D eigenvalue weighted by molar-refractivity contribution is 5.67. The van der Waals surface area contributed by atoms with Crippen LogP contribution in [0.1, 0.15) is 43.1 Å². The zero-order chi connectivity index (χ0) is 41.4. The van der Waals surface area contributed by atoms with Crippen LogP contribution in [0.4, 0.5) is 24.5 Å². The first-order valence-corrected chi connectivity index (χ1v) is 20.0. The second kappa shape index (κ2) is 16.0. The molecule has 3 atom stereocenters. The van der Waals surface area contributed by atoms with E-state index in [-0.39, 0.29) is 29.1 Å². The van der Waals surface area contributed by atoms with Gasteiger partial charge in [-0.05, 0) is 89.5 Å². The van der Waals surface area contributed by atoms with Gasteiger partial charge in [-0.15, -0.1) is 5.10 Å². The lowest BCUT2D eigenvalue weighted by atomic mass is 9.80. The van der Waals surface area contributed by atoms with Gasteiger partial charge in [0.05, 0.1) is 25.3 Å². The minimum atomic E-state index is -3.87. The molecule has 0 saturated carbocycles. The van der Waals surface area contributed by atoms with Crippen LogP contribution in [0.3, 0.4) is 0 Å². The van der Waals surface area contributed by atoms with Crippen molar-refractivity contribution < 1.29 is 23.0 Å².